The molecule has 3 nitrogen and oxygen atoms in total. The van der Waals surface area contributed by atoms with Gasteiger partial charge in [0.15, 0.2) is 0 Å². The van der Waals surface area contributed by atoms with E-state index in [1.54, 1.807) is 16.7 Å². The third kappa shape index (κ3) is 2.85. The standard InChI is InChI=1S/C11H16N2O/c1-9(2)5-6-13-8-10(7-12)3-4-11(13)14/h3-5,8H,6-7,12H2,1-2H3. The van der Waals surface area contributed by atoms with Crippen LogP contribution in [0.2, 0.25) is 0 Å². The van der Waals surface area contributed by atoms with Crippen molar-refractivity contribution >= 4 is 0 Å². The van der Waals surface area contributed by atoms with Crippen LogP contribution < -0.4 is 11.3 Å². The average Bonchev–Trinajstić information content (AvgIpc) is 2.16. The molecule has 0 spiro atoms. The Bertz CT molecular complexity index is 387. The van der Waals surface area contributed by atoms with Crippen LogP contribution in [0.3, 0.4) is 0 Å². The fraction of sp³-hybridized carbons (Fsp3) is 0.364. The van der Waals surface area contributed by atoms with Crippen molar-refractivity contribution in [2.24, 2.45) is 5.73 Å². The molecular weight excluding hydrogens is 176 g/mol. The van der Waals surface area contributed by atoms with Crippen LogP contribution in [0.1, 0.15) is 19.4 Å². The molecule has 3 heteroatoms. The molecule has 76 valence electrons. The fourth-order valence-electron chi connectivity index (χ4n) is 1.13. The van der Waals surface area contributed by atoms with Gasteiger partial charge in [-0.15, -0.1) is 0 Å². The number of nitrogens with zero attached hydrogens (tertiary/aromatic N) is 1. The maximum Gasteiger partial charge on any atom is 0.250 e. The largest absolute Gasteiger partial charge is 0.326 e. The number of aromatic nitrogens is 1. The second-order valence-electron chi connectivity index (χ2n) is 3.51. The van der Waals surface area contributed by atoms with Gasteiger partial charge in [0, 0.05) is 25.4 Å². The topological polar surface area (TPSA) is 48.0 Å². The third-order valence-electron chi connectivity index (χ3n) is 1.98. The molecule has 0 aliphatic rings. The molecule has 0 atom stereocenters. The number of rotatable bonds is 3. The maximum atomic E-state index is 11.4. The molecule has 1 aromatic rings. The van der Waals surface area contributed by atoms with E-state index in [1.807, 2.05) is 26.1 Å². The predicted molar refractivity (Wildman–Crippen MR) is 58.0 cm³/mol. The molecule has 0 unspecified atom stereocenters. The smallest absolute Gasteiger partial charge is 0.250 e. The number of allylic oxidation sites excluding steroid dienone is 2. The van der Waals surface area contributed by atoms with E-state index < -0.39 is 0 Å². The second kappa shape index (κ2) is 4.77. The summed E-state index contributed by atoms with van der Waals surface area (Å²) in [6, 6.07) is 3.32. The van der Waals surface area contributed by atoms with Crippen molar-refractivity contribution in [3.8, 4) is 0 Å². The molecule has 1 heterocycles. The first-order chi connectivity index (χ1) is 6.63. The van der Waals surface area contributed by atoms with Gasteiger partial charge in [0.05, 0.1) is 0 Å². The van der Waals surface area contributed by atoms with E-state index in [0.29, 0.717) is 13.1 Å². The number of nitrogens with two attached hydrogens (primary N) is 1. The molecular formula is C11H16N2O. The Morgan fingerprint density at radius 2 is 2.21 bits per heavy atom. The van der Waals surface area contributed by atoms with Gasteiger partial charge in [0.25, 0.3) is 5.56 Å². The Morgan fingerprint density at radius 1 is 1.50 bits per heavy atom. The van der Waals surface area contributed by atoms with Gasteiger partial charge in [-0.1, -0.05) is 17.7 Å². The van der Waals surface area contributed by atoms with Gasteiger partial charge in [-0.2, -0.15) is 0 Å². The Hall–Kier alpha value is -1.35. The first-order valence-electron chi connectivity index (χ1n) is 4.66. The Morgan fingerprint density at radius 3 is 2.79 bits per heavy atom. The minimum absolute atomic E-state index is 0.0136. The van der Waals surface area contributed by atoms with Crippen LogP contribution in [0.5, 0.6) is 0 Å². The highest BCUT2D eigenvalue weighted by Gasteiger charge is 1.95. The summed E-state index contributed by atoms with van der Waals surface area (Å²) in [6.07, 6.45) is 3.82. The lowest BCUT2D eigenvalue weighted by molar-refractivity contribution is 0.762. The minimum atomic E-state index is 0.0136. The molecule has 0 amide bonds. The molecule has 0 saturated carbocycles. The summed E-state index contributed by atoms with van der Waals surface area (Å²) < 4.78 is 1.66. The lowest BCUT2D eigenvalue weighted by Gasteiger charge is -2.04. The summed E-state index contributed by atoms with van der Waals surface area (Å²) >= 11 is 0. The van der Waals surface area contributed by atoms with Crippen molar-refractivity contribution in [3.05, 3.63) is 45.9 Å². The fourth-order valence-corrected chi connectivity index (χ4v) is 1.13. The summed E-state index contributed by atoms with van der Waals surface area (Å²) in [5.74, 6) is 0. The highest BCUT2D eigenvalue weighted by atomic mass is 16.1. The molecule has 0 fully saturated rings. The van der Waals surface area contributed by atoms with Gasteiger partial charge < -0.3 is 10.3 Å². The molecule has 0 radical (unpaired) electrons. The zero-order valence-electron chi connectivity index (χ0n) is 8.66. The highest BCUT2D eigenvalue weighted by Crippen LogP contribution is 1.96. The summed E-state index contributed by atoms with van der Waals surface area (Å²) in [5.41, 5.74) is 7.69. The molecule has 1 aromatic heterocycles. The first kappa shape index (κ1) is 10.7. The highest BCUT2D eigenvalue weighted by molar-refractivity contribution is 5.10. The Labute approximate surface area is 83.9 Å². The number of hydrogen-bond donors (Lipinski definition) is 1. The minimum Gasteiger partial charge on any atom is -0.326 e. The van der Waals surface area contributed by atoms with E-state index >= 15 is 0 Å². The lowest BCUT2D eigenvalue weighted by Crippen LogP contribution is -2.19. The quantitative estimate of drug-likeness (QED) is 0.733. The van der Waals surface area contributed by atoms with E-state index in [9.17, 15) is 4.79 Å². The zero-order valence-corrected chi connectivity index (χ0v) is 8.66. The van der Waals surface area contributed by atoms with E-state index in [2.05, 4.69) is 0 Å². The zero-order chi connectivity index (χ0) is 10.6. The van der Waals surface area contributed by atoms with Crippen LogP contribution in [-0.4, -0.2) is 4.57 Å². The van der Waals surface area contributed by atoms with Crippen molar-refractivity contribution in [2.75, 3.05) is 0 Å². The van der Waals surface area contributed by atoms with E-state index in [1.165, 1.54) is 5.57 Å². The molecule has 0 aromatic carbocycles. The second-order valence-corrected chi connectivity index (χ2v) is 3.51. The predicted octanol–water partition coefficient (Wildman–Crippen LogP) is 1.27. The van der Waals surface area contributed by atoms with Gasteiger partial charge in [-0.25, -0.2) is 0 Å². The van der Waals surface area contributed by atoms with Crippen molar-refractivity contribution in [1.82, 2.24) is 4.57 Å². The molecule has 0 saturated heterocycles. The summed E-state index contributed by atoms with van der Waals surface area (Å²) in [6.45, 7) is 5.11. The van der Waals surface area contributed by atoms with E-state index in [4.69, 9.17) is 5.73 Å². The monoisotopic (exact) mass is 192 g/mol. The summed E-state index contributed by atoms with van der Waals surface area (Å²) in [7, 11) is 0. The molecule has 0 aliphatic carbocycles. The van der Waals surface area contributed by atoms with Crippen LogP contribution in [0, 0.1) is 0 Å². The molecule has 1 rings (SSSR count). The molecule has 14 heavy (non-hydrogen) atoms. The SMILES string of the molecule is CC(C)=CCn1cc(CN)ccc1=O. The normalized spacial score (nSPS) is 9.93. The molecule has 2 N–H and O–H groups in total. The van der Waals surface area contributed by atoms with Crippen molar-refractivity contribution in [3.63, 3.8) is 0 Å². The van der Waals surface area contributed by atoms with E-state index in [-0.39, 0.29) is 5.56 Å². The Balaban J connectivity index is 2.95. The molecule has 0 aliphatic heterocycles. The van der Waals surface area contributed by atoms with Crippen LogP contribution in [0.15, 0.2) is 34.8 Å². The van der Waals surface area contributed by atoms with Gasteiger partial charge in [-0.05, 0) is 19.4 Å². The number of hydrogen-bond acceptors (Lipinski definition) is 2. The van der Waals surface area contributed by atoms with Crippen LogP contribution >= 0.6 is 0 Å². The number of pyridine rings is 1. The average molecular weight is 192 g/mol. The van der Waals surface area contributed by atoms with Crippen LogP contribution in [0.25, 0.3) is 0 Å². The van der Waals surface area contributed by atoms with Crippen molar-refractivity contribution < 1.29 is 0 Å². The van der Waals surface area contributed by atoms with Gasteiger partial charge in [0.2, 0.25) is 0 Å². The third-order valence-corrected chi connectivity index (χ3v) is 1.98. The van der Waals surface area contributed by atoms with Gasteiger partial charge in [-0.3, -0.25) is 4.79 Å². The van der Waals surface area contributed by atoms with Crippen LogP contribution in [-0.2, 0) is 13.1 Å². The van der Waals surface area contributed by atoms with Gasteiger partial charge in [0.1, 0.15) is 0 Å². The first-order valence-corrected chi connectivity index (χ1v) is 4.66. The maximum absolute atomic E-state index is 11.4. The van der Waals surface area contributed by atoms with Crippen molar-refractivity contribution in [2.45, 2.75) is 26.9 Å². The van der Waals surface area contributed by atoms with E-state index in [0.717, 1.165) is 5.56 Å². The molecule has 0 bridgehead atoms. The van der Waals surface area contributed by atoms with Crippen LogP contribution in [0.4, 0.5) is 0 Å². The Kier molecular flexibility index (Phi) is 3.65. The van der Waals surface area contributed by atoms with Crippen molar-refractivity contribution in [1.29, 1.82) is 0 Å². The summed E-state index contributed by atoms with van der Waals surface area (Å²) in [5, 5.41) is 0. The lowest BCUT2D eigenvalue weighted by atomic mass is 10.2. The van der Waals surface area contributed by atoms with Gasteiger partial charge >= 0.3 is 0 Å². The summed E-state index contributed by atoms with van der Waals surface area (Å²) in [4.78, 5) is 11.4.